The van der Waals surface area contributed by atoms with Gasteiger partial charge in [0.25, 0.3) is 10.0 Å². The highest BCUT2D eigenvalue weighted by atomic mass is 32.2. The molecular formula is C24H20N4O4S2. The largest absolute Gasteiger partial charge is 0.337 e. The molecule has 2 amide bonds. The molecule has 10 heteroatoms. The summed E-state index contributed by atoms with van der Waals surface area (Å²) >= 11 is 1.61. The second-order valence-electron chi connectivity index (χ2n) is 7.66. The second kappa shape index (κ2) is 8.54. The molecule has 0 fully saturated rings. The van der Waals surface area contributed by atoms with Crippen LogP contribution < -0.4 is 14.9 Å². The van der Waals surface area contributed by atoms with Crippen LogP contribution in [0.25, 0.3) is 0 Å². The van der Waals surface area contributed by atoms with E-state index in [1.807, 2.05) is 48.5 Å². The van der Waals surface area contributed by atoms with Crippen molar-refractivity contribution >= 4 is 50.8 Å². The van der Waals surface area contributed by atoms with Crippen molar-refractivity contribution in [3.63, 3.8) is 0 Å². The molecule has 0 spiro atoms. The molecule has 1 aliphatic rings. The van der Waals surface area contributed by atoms with Crippen molar-refractivity contribution in [2.24, 2.45) is 0 Å². The fourth-order valence-corrected chi connectivity index (χ4v) is 5.62. The van der Waals surface area contributed by atoms with Gasteiger partial charge in [0.05, 0.1) is 22.0 Å². The zero-order chi connectivity index (χ0) is 23.9. The number of hydrogen-bond acceptors (Lipinski definition) is 6. The Bertz CT molecular complexity index is 1450. The van der Waals surface area contributed by atoms with Crippen molar-refractivity contribution in [3.05, 3.63) is 84.1 Å². The van der Waals surface area contributed by atoms with Gasteiger partial charge >= 0.3 is 6.03 Å². The molecule has 0 unspecified atom stereocenters. The summed E-state index contributed by atoms with van der Waals surface area (Å²) in [4.78, 5) is 16.9. The van der Waals surface area contributed by atoms with Crippen LogP contribution in [0.1, 0.15) is 11.3 Å². The third kappa shape index (κ3) is 4.02. The molecule has 1 aliphatic heterocycles. The molecule has 0 bridgehead atoms. The van der Waals surface area contributed by atoms with E-state index in [2.05, 4.69) is 15.2 Å². The Morgan fingerprint density at radius 3 is 2.06 bits per heavy atom. The van der Waals surface area contributed by atoms with Crippen LogP contribution in [0.2, 0.25) is 0 Å². The SMILES string of the molecule is Cc1noc(NS(=O)(=O)c2ccc(NC(=O)N3c4ccccc4Sc4ccccc43)cc2)c1C. The van der Waals surface area contributed by atoms with E-state index in [9.17, 15) is 13.2 Å². The monoisotopic (exact) mass is 492 g/mol. The zero-order valence-electron chi connectivity index (χ0n) is 18.3. The van der Waals surface area contributed by atoms with Gasteiger partial charge in [0, 0.05) is 21.0 Å². The second-order valence-corrected chi connectivity index (χ2v) is 10.4. The average Bonchev–Trinajstić information content (AvgIpc) is 3.14. The van der Waals surface area contributed by atoms with Gasteiger partial charge in [-0.15, -0.1) is 0 Å². The van der Waals surface area contributed by atoms with Crippen LogP contribution in [0.3, 0.4) is 0 Å². The number of benzene rings is 3. The molecule has 34 heavy (non-hydrogen) atoms. The van der Waals surface area contributed by atoms with Gasteiger partial charge < -0.3 is 9.84 Å². The molecule has 3 aromatic carbocycles. The summed E-state index contributed by atoms with van der Waals surface area (Å²) in [6, 6.07) is 21.0. The lowest BCUT2D eigenvalue weighted by Crippen LogP contribution is -2.32. The Morgan fingerprint density at radius 2 is 1.50 bits per heavy atom. The van der Waals surface area contributed by atoms with Gasteiger partial charge in [0.2, 0.25) is 5.88 Å². The molecular weight excluding hydrogens is 472 g/mol. The van der Waals surface area contributed by atoms with Gasteiger partial charge in [-0.25, -0.2) is 17.9 Å². The number of anilines is 4. The van der Waals surface area contributed by atoms with E-state index in [4.69, 9.17) is 4.52 Å². The lowest BCUT2D eigenvalue weighted by atomic mass is 10.2. The Hall–Kier alpha value is -3.76. The summed E-state index contributed by atoms with van der Waals surface area (Å²) in [6.45, 7) is 3.45. The van der Waals surface area contributed by atoms with E-state index in [0.29, 0.717) is 16.9 Å². The number of para-hydroxylation sites is 2. The molecule has 4 aromatic rings. The van der Waals surface area contributed by atoms with Crippen LogP contribution in [-0.2, 0) is 10.0 Å². The van der Waals surface area contributed by atoms with E-state index in [-0.39, 0.29) is 16.8 Å². The molecule has 5 rings (SSSR count). The van der Waals surface area contributed by atoms with Crippen molar-refractivity contribution in [2.75, 3.05) is 14.9 Å². The van der Waals surface area contributed by atoms with Crippen molar-refractivity contribution in [2.45, 2.75) is 28.5 Å². The molecule has 2 N–H and O–H groups in total. The number of amides is 2. The third-order valence-corrected chi connectivity index (χ3v) is 7.91. The molecule has 2 heterocycles. The Morgan fingerprint density at radius 1 is 0.912 bits per heavy atom. The number of rotatable bonds is 4. The minimum atomic E-state index is -3.88. The molecule has 0 atom stereocenters. The molecule has 0 saturated heterocycles. The zero-order valence-corrected chi connectivity index (χ0v) is 19.9. The fourth-order valence-electron chi connectivity index (χ4n) is 3.51. The van der Waals surface area contributed by atoms with Gasteiger partial charge in [-0.3, -0.25) is 4.90 Å². The summed E-state index contributed by atoms with van der Waals surface area (Å²) in [5.41, 5.74) is 3.25. The van der Waals surface area contributed by atoms with Crippen LogP contribution in [0.5, 0.6) is 0 Å². The van der Waals surface area contributed by atoms with E-state index in [0.717, 1.165) is 21.2 Å². The smallest absolute Gasteiger partial charge is 0.331 e. The standard InChI is InChI=1S/C24H20N4O4S2/c1-15-16(2)26-32-23(15)27-34(30,31)18-13-11-17(12-14-18)25-24(29)28-19-7-3-5-9-21(19)33-22-10-6-4-8-20(22)28/h3-14,27H,1-2H3,(H,25,29). The highest BCUT2D eigenvalue weighted by molar-refractivity contribution is 7.99. The number of hydrogen-bond donors (Lipinski definition) is 2. The highest BCUT2D eigenvalue weighted by Gasteiger charge is 2.28. The number of sulfonamides is 1. The van der Waals surface area contributed by atoms with E-state index in [1.54, 1.807) is 42.6 Å². The van der Waals surface area contributed by atoms with Crippen molar-refractivity contribution < 1.29 is 17.7 Å². The van der Waals surface area contributed by atoms with Crippen LogP contribution >= 0.6 is 11.8 Å². The van der Waals surface area contributed by atoms with Gasteiger partial charge in [-0.2, -0.15) is 0 Å². The molecule has 0 aliphatic carbocycles. The first-order valence-electron chi connectivity index (χ1n) is 10.4. The van der Waals surface area contributed by atoms with Crippen molar-refractivity contribution in [1.29, 1.82) is 0 Å². The van der Waals surface area contributed by atoms with Gasteiger partial charge in [0.1, 0.15) is 0 Å². The number of nitrogens with one attached hydrogen (secondary N) is 2. The van der Waals surface area contributed by atoms with E-state index >= 15 is 0 Å². The van der Waals surface area contributed by atoms with Crippen LogP contribution in [0.15, 0.2) is 92.0 Å². The van der Waals surface area contributed by atoms with Gasteiger partial charge in [-0.1, -0.05) is 41.2 Å². The third-order valence-electron chi connectivity index (χ3n) is 5.44. The Balaban J connectivity index is 1.38. The summed E-state index contributed by atoms with van der Waals surface area (Å²) in [6.07, 6.45) is 0. The first-order valence-corrected chi connectivity index (χ1v) is 12.7. The maximum Gasteiger partial charge on any atom is 0.331 e. The van der Waals surface area contributed by atoms with Crippen LogP contribution in [0, 0.1) is 13.8 Å². The number of aryl methyl sites for hydroxylation is 1. The average molecular weight is 493 g/mol. The number of fused-ring (bicyclic) bond motifs is 2. The van der Waals surface area contributed by atoms with Crippen LogP contribution in [-0.4, -0.2) is 19.6 Å². The molecule has 1 aromatic heterocycles. The van der Waals surface area contributed by atoms with Gasteiger partial charge in [0.15, 0.2) is 0 Å². The van der Waals surface area contributed by atoms with Gasteiger partial charge in [-0.05, 0) is 62.4 Å². The molecule has 0 saturated carbocycles. The quantitative estimate of drug-likeness (QED) is 0.366. The predicted octanol–water partition coefficient (Wildman–Crippen LogP) is 5.93. The van der Waals surface area contributed by atoms with Crippen molar-refractivity contribution in [1.82, 2.24) is 5.16 Å². The number of nitrogens with zero attached hydrogens (tertiary/aromatic N) is 2. The Labute approximate surface area is 201 Å². The molecule has 8 nitrogen and oxygen atoms in total. The Kier molecular flexibility index (Phi) is 5.54. The number of urea groups is 1. The summed E-state index contributed by atoms with van der Waals surface area (Å²) in [5, 5.41) is 6.63. The number of carbonyl (C=O) groups is 1. The van der Waals surface area contributed by atoms with Crippen LogP contribution in [0.4, 0.5) is 27.7 Å². The maximum absolute atomic E-state index is 13.3. The topological polar surface area (TPSA) is 105 Å². The van der Waals surface area contributed by atoms with Crippen molar-refractivity contribution in [3.8, 4) is 0 Å². The predicted molar refractivity (Wildman–Crippen MR) is 131 cm³/mol. The fraction of sp³-hybridized carbons (Fsp3) is 0.0833. The summed E-state index contributed by atoms with van der Waals surface area (Å²) in [7, 11) is -3.88. The molecule has 0 radical (unpaired) electrons. The first-order chi connectivity index (χ1) is 16.3. The number of carbonyl (C=O) groups excluding carboxylic acids is 1. The lowest BCUT2D eigenvalue weighted by Gasteiger charge is -2.31. The first kappa shape index (κ1) is 22.1. The maximum atomic E-state index is 13.3. The number of aromatic nitrogens is 1. The normalized spacial score (nSPS) is 12.6. The van der Waals surface area contributed by atoms with E-state index in [1.165, 1.54) is 12.1 Å². The summed E-state index contributed by atoms with van der Waals surface area (Å²) in [5.74, 6) is 0.0789. The highest BCUT2D eigenvalue weighted by Crippen LogP contribution is 2.48. The van der Waals surface area contributed by atoms with E-state index < -0.39 is 10.0 Å². The lowest BCUT2D eigenvalue weighted by molar-refractivity contribution is 0.259. The minimum absolute atomic E-state index is 0.0315. The minimum Gasteiger partial charge on any atom is -0.337 e. The molecule has 172 valence electrons. The summed E-state index contributed by atoms with van der Waals surface area (Å²) < 4.78 is 32.9.